The summed E-state index contributed by atoms with van der Waals surface area (Å²) in [7, 11) is 0. The maximum atomic E-state index is 11.7. The van der Waals surface area contributed by atoms with Crippen LogP contribution in [0.15, 0.2) is 29.5 Å². The number of ketones is 1. The summed E-state index contributed by atoms with van der Waals surface area (Å²) < 4.78 is 19.6. The Morgan fingerprint density at radius 3 is 2.00 bits per heavy atom. The predicted octanol–water partition coefficient (Wildman–Crippen LogP) is 4.25. The van der Waals surface area contributed by atoms with Crippen molar-refractivity contribution in [3.8, 4) is 11.5 Å². The van der Waals surface area contributed by atoms with Gasteiger partial charge in [0.1, 0.15) is 11.5 Å². The van der Waals surface area contributed by atoms with Crippen molar-refractivity contribution in [1.82, 2.24) is 0 Å². The summed E-state index contributed by atoms with van der Waals surface area (Å²) in [5.41, 5.74) is 1.11. The normalized spacial score (nSPS) is 15.1. The van der Waals surface area contributed by atoms with Crippen LogP contribution in [0.4, 0.5) is 9.59 Å². The monoisotopic (exact) mass is 392 g/mol. The zero-order valence-corrected chi connectivity index (χ0v) is 16.0. The van der Waals surface area contributed by atoms with Gasteiger partial charge in [-0.2, -0.15) is 0 Å². The summed E-state index contributed by atoms with van der Waals surface area (Å²) in [6, 6.07) is 4.50. The molecule has 0 spiro atoms. The van der Waals surface area contributed by atoms with E-state index in [1.165, 1.54) is 6.07 Å². The lowest BCUT2D eigenvalue weighted by atomic mass is 10.0. The lowest BCUT2D eigenvalue weighted by Crippen LogP contribution is -2.12. The van der Waals surface area contributed by atoms with Crippen LogP contribution in [0.1, 0.15) is 45.1 Å². The summed E-state index contributed by atoms with van der Waals surface area (Å²) >= 11 is 0. The summed E-state index contributed by atoms with van der Waals surface area (Å²) in [6.07, 6.45) is 0.600. The van der Waals surface area contributed by atoms with Crippen molar-refractivity contribution < 1.29 is 38.4 Å². The topological polar surface area (TPSA) is 108 Å². The first-order valence-electron chi connectivity index (χ1n) is 9.20. The van der Waals surface area contributed by atoms with Crippen molar-refractivity contribution in [2.45, 2.75) is 46.0 Å². The highest BCUT2D eigenvalue weighted by Gasteiger charge is 2.21. The summed E-state index contributed by atoms with van der Waals surface area (Å²) in [5, 5.41) is 10.2. The van der Waals surface area contributed by atoms with Gasteiger partial charge in [0.2, 0.25) is 0 Å². The first kappa shape index (κ1) is 21.3. The van der Waals surface area contributed by atoms with Crippen LogP contribution in [0, 0.1) is 0 Å². The molecule has 8 heteroatoms. The number of hydrogen-bond donors (Lipinski definition) is 1. The van der Waals surface area contributed by atoms with Crippen LogP contribution in [0.3, 0.4) is 0 Å². The van der Waals surface area contributed by atoms with E-state index in [0.717, 1.165) is 6.42 Å². The van der Waals surface area contributed by atoms with E-state index in [1.807, 2.05) is 0 Å². The molecule has 1 fully saturated rings. The second kappa shape index (κ2) is 10.3. The smallest absolute Gasteiger partial charge is 0.512 e. The van der Waals surface area contributed by atoms with E-state index in [9.17, 15) is 19.5 Å². The highest BCUT2D eigenvalue weighted by atomic mass is 16.7. The van der Waals surface area contributed by atoms with Gasteiger partial charge in [-0.1, -0.05) is 0 Å². The average Bonchev–Trinajstić information content (AvgIpc) is 3.06. The maximum Gasteiger partial charge on any atom is 0.513 e. The van der Waals surface area contributed by atoms with Gasteiger partial charge in [0.05, 0.1) is 19.0 Å². The number of aliphatic hydroxyl groups excluding tert-OH is 1. The second-order valence-electron chi connectivity index (χ2n) is 6.08. The van der Waals surface area contributed by atoms with E-state index in [1.54, 1.807) is 26.0 Å². The van der Waals surface area contributed by atoms with Crippen molar-refractivity contribution in [1.29, 1.82) is 0 Å². The van der Waals surface area contributed by atoms with E-state index < -0.39 is 12.3 Å². The molecule has 1 N–H and O–H groups in total. The van der Waals surface area contributed by atoms with E-state index in [-0.39, 0.29) is 42.7 Å². The standard InChI is InChI=1S/C20H24O8/c1-3-25-19(23)27-14-10-13(11-15(12-14)28-20(24)26-4-2)8-9-18(22)16-6-5-7-17(16)21/h10-12,22H,3-9H2,1-2H3/b18-16-. The fourth-order valence-corrected chi connectivity index (χ4v) is 2.81. The Morgan fingerprint density at radius 2 is 1.54 bits per heavy atom. The first-order chi connectivity index (χ1) is 13.4. The fraction of sp³-hybridized carbons (Fsp3) is 0.450. The number of ether oxygens (including phenoxy) is 4. The highest BCUT2D eigenvalue weighted by Crippen LogP contribution is 2.28. The van der Waals surface area contributed by atoms with Gasteiger partial charge < -0.3 is 24.1 Å². The number of benzene rings is 1. The highest BCUT2D eigenvalue weighted by molar-refractivity contribution is 5.97. The molecule has 28 heavy (non-hydrogen) atoms. The Bertz CT molecular complexity index is 727. The molecule has 0 aliphatic heterocycles. The van der Waals surface area contributed by atoms with Gasteiger partial charge in [-0.25, -0.2) is 9.59 Å². The van der Waals surface area contributed by atoms with Gasteiger partial charge in [-0.15, -0.1) is 0 Å². The number of carbonyl (C=O) groups excluding carboxylic acids is 3. The lowest BCUT2D eigenvalue weighted by molar-refractivity contribution is -0.114. The third-order valence-electron chi connectivity index (χ3n) is 4.03. The van der Waals surface area contributed by atoms with Crippen molar-refractivity contribution in [3.05, 3.63) is 35.1 Å². The van der Waals surface area contributed by atoms with Gasteiger partial charge in [0.15, 0.2) is 5.78 Å². The Morgan fingerprint density at radius 1 is 0.964 bits per heavy atom. The molecule has 2 rings (SSSR count). The van der Waals surface area contributed by atoms with Crippen molar-refractivity contribution in [3.63, 3.8) is 0 Å². The second-order valence-corrected chi connectivity index (χ2v) is 6.08. The molecule has 152 valence electrons. The van der Waals surface area contributed by atoms with Crippen LogP contribution < -0.4 is 9.47 Å². The van der Waals surface area contributed by atoms with Crippen molar-refractivity contribution in [2.24, 2.45) is 0 Å². The van der Waals surface area contributed by atoms with Crippen LogP contribution >= 0.6 is 0 Å². The summed E-state index contributed by atoms with van der Waals surface area (Å²) in [4.78, 5) is 34.9. The largest absolute Gasteiger partial charge is 0.513 e. The minimum atomic E-state index is -0.886. The SMILES string of the molecule is CCOC(=O)Oc1cc(CC/C(O)=C2\CCCC2=O)cc(OC(=O)OCC)c1. The molecule has 0 unspecified atom stereocenters. The van der Waals surface area contributed by atoms with Gasteiger partial charge in [0, 0.05) is 24.5 Å². The van der Waals surface area contributed by atoms with Gasteiger partial charge in [-0.3, -0.25) is 4.79 Å². The third-order valence-corrected chi connectivity index (χ3v) is 4.03. The summed E-state index contributed by atoms with van der Waals surface area (Å²) in [6.45, 7) is 3.60. The fourth-order valence-electron chi connectivity index (χ4n) is 2.81. The molecule has 8 nitrogen and oxygen atoms in total. The number of aliphatic hydroxyl groups is 1. The van der Waals surface area contributed by atoms with E-state index in [4.69, 9.17) is 18.9 Å². The number of rotatable bonds is 7. The van der Waals surface area contributed by atoms with Gasteiger partial charge in [0.25, 0.3) is 0 Å². The van der Waals surface area contributed by atoms with Crippen LogP contribution in [0.5, 0.6) is 11.5 Å². The molecule has 1 aliphatic rings. The Hall–Kier alpha value is -3.03. The maximum absolute atomic E-state index is 11.7. The van der Waals surface area contributed by atoms with Crippen LogP contribution in [0.25, 0.3) is 0 Å². The zero-order valence-electron chi connectivity index (χ0n) is 16.0. The first-order valence-corrected chi connectivity index (χ1v) is 9.20. The zero-order chi connectivity index (χ0) is 20.5. The molecule has 0 atom stereocenters. The van der Waals surface area contributed by atoms with Crippen LogP contribution in [-0.4, -0.2) is 36.4 Å². The Labute approximate surface area is 163 Å². The molecular formula is C20H24O8. The minimum absolute atomic E-state index is 0.0248. The third kappa shape index (κ3) is 6.29. The lowest BCUT2D eigenvalue weighted by Gasteiger charge is -2.11. The number of aryl methyl sites for hydroxylation is 1. The molecule has 0 radical (unpaired) electrons. The number of hydrogen-bond acceptors (Lipinski definition) is 8. The van der Waals surface area contributed by atoms with E-state index >= 15 is 0 Å². The molecule has 1 aromatic rings. The molecule has 0 saturated heterocycles. The van der Waals surface area contributed by atoms with E-state index in [2.05, 4.69) is 0 Å². The summed E-state index contributed by atoms with van der Waals surface area (Å²) in [5.74, 6) is 0.286. The quantitative estimate of drug-likeness (QED) is 0.317. The predicted molar refractivity (Wildman–Crippen MR) is 98.6 cm³/mol. The minimum Gasteiger partial charge on any atom is -0.512 e. The van der Waals surface area contributed by atoms with Crippen LogP contribution in [0.2, 0.25) is 0 Å². The molecule has 0 heterocycles. The van der Waals surface area contributed by atoms with Crippen LogP contribution in [-0.2, 0) is 20.7 Å². The number of Topliss-reactive ketones (excluding diaryl/α,β-unsaturated/α-hetero) is 1. The number of allylic oxidation sites excluding steroid dienone is 2. The average molecular weight is 392 g/mol. The molecule has 1 saturated carbocycles. The van der Waals surface area contributed by atoms with E-state index in [0.29, 0.717) is 30.4 Å². The van der Waals surface area contributed by atoms with Crippen molar-refractivity contribution >= 4 is 18.1 Å². The van der Waals surface area contributed by atoms with Crippen molar-refractivity contribution in [2.75, 3.05) is 13.2 Å². The van der Waals surface area contributed by atoms with Gasteiger partial charge in [-0.05, 0) is 50.8 Å². The molecular weight excluding hydrogens is 368 g/mol. The molecule has 0 bridgehead atoms. The number of carbonyl (C=O) groups is 3. The Balaban J connectivity index is 2.17. The Kier molecular flexibility index (Phi) is 7.86. The molecule has 1 aromatic carbocycles. The molecule has 1 aliphatic carbocycles. The van der Waals surface area contributed by atoms with Gasteiger partial charge >= 0.3 is 12.3 Å². The molecule has 0 amide bonds. The molecule has 0 aromatic heterocycles.